The minimum Gasteiger partial charge on any atom is -0.435 e. The molecule has 3 nitrogen and oxygen atoms in total. The Bertz CT molecular complexity index is 593. The van der Waals surface area contributed by atoms with E-state index < -0.39 is 5.82 Å². The number of aromatic nitrogens is 2. The van der Waals surface area contributed by atoms with Crippen LogP contribution in [0.3, 0.4) is 0 Å². The van der Waals surface area contributed by atoms with Gasteiger partial charge in [0.1, 0.15) is 11.5 Å². The van der Waals surface area contributed by atoms with Crippen LogP contribution in [-0.2, 0) is 6.42 Å². The number of rotatable bonds is 4. The summed E-state index contributed by atoms with van der Waals surface area (Å²) in [4.78, 5) is 7.89. The molecule has 1 heterocycles. The van der Waals surface area contributed by atoms with Gasteiger partial charge in [0.25, 0.3) is 0 Å². The van der Waals surface area contributed by atoms with Crippen molar-refractivity contribution in [3.05, 3.63) is 46.1 Å². The topological polar surface area (TPSA) is 35.0 Å². The normalized spacial score (nSPS) is 10.5. The maximum Gasteiger partial charge on any atom is 0.227 e. The Balaban J connectivity index is 2.38. The van der Waals surface area contributed by atoms with E-state index in [1.807, 2.05) is 6.92 Å². The highest BCUT2D eigenvalue weighted by molar-refractivity contribution is 6.31. The Morgan fingerprint density at radius 3 is 2.79 bits per heavy atom. The number of ether oxygens (including phenoxy) is 1. The molecule has 1 aromatic heterocycles. The molecule has 0 atom stereocenters. The van der Waals surface area contributed by atoms with E-state index in [-0.39, 0.29) is 16.7 Å². The minimum atomic E-state index is -0.624. The second-order valence-electron chi connectivity index (χ2n) is 3.85. The maximum atomic E-state index is 13.8. The molecule has 100 valence electrons. The van der Waals surface area contributed by atoms with Crippen molar-refractivity contribution in [1.82, 2.24) is 9.97 Å². The Kier molecular flexibility index (Phi) is 4.56. The van der Waals surface area contributed by atoms with Gasteiger partial charge in [0, 0.05) is 0 Å². The predicted molar refractivity (Wildman–Crippen MR) is 72.5 cm³/mol. The standard InChI is InChI=1S/C13H11Cl2FN2O/c1-2-4-8-12(15)17-7-18-13(8)19-10-6-3-5-9(14)11(10)16/h3,5-7H,2,4H2,1H3. The summed E-state index contributed by atoms with van der Waals surface area (Å²) in [5.41, 5.74) is 0.658. The van der Waals surface area contributed by atoms with E-state index in [9.17, 15) is 4.39 Å². The van der Waals surface area contributed by atoms with E-state index in [0.717, 1.165) is 6.42 Å². The third-order valence-electron chi connectivity index (χ3n) is 2.48. The van der Waals surface area contributed by atoms with Crippen LogP contribution in [0.25, 0.3) is 0 Å². The summed E-state index contributed by atoms with van der Waals surface area (Å²) >= 11 is 11.7. The van der Waals surface area contributed by atoms with Crippen LogP contribution in [0.1, 0.15) is 18.9 Å². The lowest BCUT2D eigenvalue weighted by molar-refractivity contribution is 0.421. The highest BCUT2D eigenvalue weighted by Gasteiger charge is 2.14. The van der Waals surface area contributed by atoms with Crippen LogP contribution < -0.4 is 4.74 Å². The first-order valence-electron chi connectivity index (χ1n) is 5.74. The van der Waals surface area contributed by atoms with Crippen LogP contribution in [0.4, 0.5) is 4.39 Å². The molecule has 2 aromatic rings. The van der Waals surface area contributed by atoms with Crippen molar-refractivity contribution in [2.24, 2.45) is 0 Å². The molecule has 0 unspecified atom stereocenters. The zero-order valence-electron chi connectivity index (χ0n) is 10.2. The quantitative estimate of drug-likeness (QED) is 0.770. The predicted octanol–water partition coefficient (Wildman–Crippen LogP) is 4.67. The zero-order chi connectivity index (χ0) is 13.8. The van der Waals surface area contributed by atoms with Gasteiger partial charge in [0.2, 0.25) is 5.88 Å². The molecule has 19 heavy (non-hydrogen) atoms. The van der Waals surface area contributed by atoms with Gasteiger partial charge >= 0.3 is 0 Å². The minimum absolute atomic E-state index is 0.00491. The zero-order valence-corrected chi connectivity index (χ0v) is 11.7. The molecule has 0 saturated heterocycles. The smallest absolute Gasteiger partial charge is 0.227 e. The van der Waals surface area contributed by atoms with Crippen LogP contribution in [-0.4, -0.2) is 9.97 Å². The van der Waals surface area contributed by atoms with Gasteiger partial charge in [-0.2, -0.15) is 0 Å². The second kappa shape index (κ2) is 6.17. The fourth-order valence-electron chi connectivity index (χ4n) is 1.59. The average molecular weight is 301 g/mol. The number of halogens is 3. The summed E-state index contributed by atoms with van der Waals surface area (Å²) in [7, 11) is 0. The van der Waals surface area contributed by atoms with Gasteiger partial charge in [-0.15, -0.1) is 0 Å². The molecule has 0 radical (unpaired) electrons. The summed E-state index contributed by atoms with van der Waals surface area (Å²) in [6, 6.07) is 4.53. The molecular weight excluding hydrogens is 290 g/mol. The first-order valence-corrected chi connectivity index (χ1v) is 6.50. The molecule has 1 aromatic carbocycles. The fraction of sp³-hybridized carbons (Fsp3) is 0.231. The lowest BCUT2D eigenvalue weighted by Gasteiger charge is -2.11. The molecular formula is C13H11Cl2FN2O. The van der Waals surface area contributed by atoms with Gasteiger partial charge in [0.05, 0.1) is 10.6 Å². The van der Waals surface area contributed by atoms with Gasteiger partial charge in [0.15, 0.2) is 11.6 Å². The van der Waals surface area contributed by atoms with Crippen molar-refractivity contribution in [2.45, 2.75) is 19.8 Å². The molecule has 2 rings (SSSR count). The molecule has 0 aliphatic rings. The molecule has 0 aliphatic heterocycles. The molecule has 0 amide bonds. The highest BCUT2D eigenvalue weighted by atomic mass is 35.5. The molecule has 0 N–H and O–H groups in total. The summed E-state index contributed by atoms with van der Waals surface area (Å²) < 4.78 is 19.2. The summed E-state index contributed by atoms with van der Waals surface area (Å²) in [5, 5.41) is 0.309. The van der Waals surface area contributed by atoms with Gasteiger partial charge in [-0.25, -0.2) is 14.4 Å². The maximum absolute atomic E-state index is 13.8. The van der Waals surface area contributed by atoms with E-state index in [0.29, 0.717) is 17.1 Å². The van der Waals surface area contributed by atoms with Crippen LogP contribution >= 0.6 is 23.2 Å². The Labute approximate surface area is 120 Å². The van der Waals surface area contributed by atoms with Gasteiger partial charge in [-0.05, 0) is 18.6 Å². The number of nitrogens with zero attached hydrogens (tertiary/aromatic N) is 2. The molecule has 6 heteroatoms. The summed E-state index contributed by atoms with van der Waals surface area (Å²) in [5.74, 6) is -0.357. The third-order valence-corrected chi connectivity index (χ3v) is 3.09. The van der Waals surface area contributed by atoms with E-state index in [2.05, 4.69) is 9.97 Å². The van der Waals surface area contributed by atoms with Gasteiger partial charge in [-0.1, -0.05) is 42.6 Å². The molecule has 0 spiro atoms. The SMILES string of the molecule is CCCc1c(Cl)ncnc1Oc1cccc(Cl)c1F. The highest BCUT2D eigenvalue weighted by Crippen LogP contribution is 2.31. The average Bonchev–Trinajstić information content (AvgIpc) is 2.39. The number of benzene rings is 1. The fourth-order valence-corrected chi connectivity index (χ4v) is 1.98. The lowest BCUT2D eigenvalue weighted by atomic mass is 10.2. The van der Waals surface area contributed by atoms with Gasteiger partial charge < -0.3 is 4.74 Å². The number of hydrogen-bond donors (Lipinski definition) is 0. The molecule has 0 fully saturated rings. The number of hydrogen-bond acceptors (Lipinski definition) is 3. The Morgan fingerprint density at radius 1 is 1.26 bits per heavy atom. The second-order valence-corrected chi connectivity index (χ2v) is 4.62. The molecule has 0 aliphatic carbocycles. The summed E-state index contributed by atoms with van der Waals surface area (Å²) in [6.07, 6.45) is 2.78. The van der Waals surface area contributed by atoms with Crippen molar-refractivity contribution in [1.29, 1.82) is 0 Å². The van der Waals surface area contributed by atoms with E-state index >= 15 is 0 Å². The van der Waals surface area contributed by atoms with Crippen molar-refractivity contribution < 1.29 is 9.13 Å². The Morgan fingerprint density at radius 2 is 2.05 bits per heavy atom. The van der Waals surface area contributed by atoms with E-state index in [1.54, 1.807) is 6.07 Å². The van der Waals surface area contributed by atoms with Crippen molar-refractivity contribution in [3.63, 3.8) is 0 Å². The summed E-state index contributed by atoms with van der Waals surface area (Å²) in [6.45, 7) is 1.99. The van der Waals surface area contributed by atoms with Gasteiger partial charge in [-0.3, -0.25) is 0 Å². The first kappa shape index (κ1) is 14.0. The largest absolute Gasteiger partial charge is 0.435 e. The van der Waals surface area contributed by atoms with Crippen molar-refractivity contribution in [2.75, 3.05) is 0 Å². The lowest BCUT2D eigenvalue weighted by Crippen LogP contribution is -1.99. The van der Waals surface area contributed by atoms with E-state index in [1.165, 1.54) is 18.5 Å². The van der Waals surface area contributed by atoms with E-state index in [4.69, 9.17) is 27.9 Å². The van der Waals surface area contributed by atoms with Crippen LogP contribution in [0.15, 0.2) is 24.5 Å². The van der Waals surface area contributed by atoms with Crippen LogP contribution in [0.5, 0.6) is 11.6 Å². The van der Waals surface area contributed by atoms with Crippen LogP contribution in [0, 0.1) is 5.82 Å². The molecule has 0 bridgehead atoms. The van der Waals surface area contributed by atoms with Crippen molar-refractivity contribution in [3.8, 4) is 11.6 Å². The third kappa shape index (κ3) is 3.14. The van der Waals surface area contributed by atoms with Crippen molar-refractivity contribution >= 4 is 23.2 Å². The Hall–Kier alpha value is -1.39. The first-order chi connectivity index (χ1) is 9.13. The molecule has 0 saturated carbocycles. The monoisotopic (exact) mass is 300 g/mol. The van der Waals surface area contributed by atoms with Crippen LogP contribution in [0.2, 0.25) is 10.2 Å².